The number of aromatic nitrogens is 1. The summed E-state index contributed by atoms with van der Waals surface area (Å²) < 4.78 is 5.79. The minimum absolute atomic E-state index is 0.0582. The molecule has 0 bridgehead atoms. The van der Waals surface area contributed by atoms with E-state index in [9.17, 15) is 4.79 Å². The molecule has 102 valence electrons. The number of hydrogen-bond donors (Lipinski definition) is 0. The Morgan fingerprint density at radius 3 is 3.16 bits per heavy atom. The van der Waals surface area contributed by atoms with Crippen molar-refractivity contribution in [3.8, 4) is 5.88 Å². The highest BCUT2D eigenvalue weighted by molar-refractivity contribution is 5.76. The highest BCUT2D eigenvalue weighted by atomic mass is 16.5. The van der Waals surface area contributed by atoms with Gasteiger partial charge in [-0.1, -0.05) is 12.1 Å². The predicted octanol–water partition coefficient (Wildman–Crippen LogP) is 2.34. The summed E-state index contributed by atoms with van der Waals surface area (Å²) in [6, 6.07) is 3.85. The topological polar surface area (TPSA) is 42.4 Å². The fourth-order valence-electron chi connectivity index (χ4n) is 2.13. The van der Waals surface area contributed by atoms with Gasteiger partial charge in [0.1, 0.15) is 6.10 Å². The normalized spacial score (nSPS) is 18.4. The van der Waals surface area contributed by atoms with E-state index in [4.69, 9.17) is 4.74 Å². The number of hydrogen-bond acceptors (Lipinski definition) is 3. The number of carbonyl (C=O) groups is 1. The van der Waals surface area contributed by atoms with E-state index in [0.29, 0.717) is 18.8 Å². The second-order valence-electron chi connectivity index (χ2n) is 4.87. The molecular formula is C15H20N2O2. The molecule has 0 aromatic carbocycles. The van der Waals surface area contributed by atoms with E-state index in [1.807, 2.05) is 24.0 Å². The number of pyridine rings is 1. The number of rotatable bonds is 5. The van der Waals surface area contributed by atoms with Gasteiger partial charge in [0.15, 0.2) is 0 Å². The number of nitrogens with zero attached hydrogens (tertiary/aromatic N) is 2. The molecule has 0 spiro atoms. The SMILES string of the molecule is C=CCCC(=O)N1CC[C@H](Oc2ccc(C)cn2)C1. The van der Waals surface area contributed by atoms with E-state index in [0.717, 1.165) is 24.9 Å². The first-order valence-corrected chi connectivity index (χ1v) is 6.67. The summed E-state index contributed by atoms with van der Waals surface area (Å²) in [5.41, 5.74) is 1.11. The van der Waals surface area contributed by atoms with Gasteiger partial charge in [-0.2, -0.15) is 0 Å². The summed E-state index contributed by atoms with van der Waals surface area (Å²) >= 11 is 0. The van der Waals surface area contributed by atoms with Crippen LogP contribution in [0.2, 0.25) is 0 Å². The van der Waals surface area contributed by atoms with Crippen LogP contribution in [0, 0.1) is 6.92 Å². The lowest BCUT2D eigenvalue weighted by Gasteiger charge is -2.16. The lowest BCUT2D eigenvalue weighted by atomic mass is 10.3. The number of ether oxygens (including phenoxy) is 1. The van der Waals surface area contributed by atoms with Gasteiger partial charge in [0.05, 0.1) is 6.54 Å². The van der Waals surface area contributed by atoms with E-state index < -0.39 is 0 Å². The molecule has 1 aromatic rings. The smallest absolute Gasteiger partial charge is 0.223 e. The van der Waals surface area contributed by atoms with Gasteiger partial charge in [-0.3, -0.25) is 4.79 Å². The van der Waals surface area contributed by atoms with E-state index in [1.165, 1.54) is 0 Å². The van der Waals surface area contributed by atoms with Crippen LogP contribution in [-0.4, -0.2) is 35.0 Å². The molecule has 1 saturated heterocycles. The maximum absolute atomic E-state index is 11.9. The van der Waals surface area contributed by atoms with Gasteiger partial charge < -0.3 is 9.64 Å². The number of allylic oxidation sites excluding steroid dienone is 1. The monoisotopic (exact) mass is 260 g/mol. The molecule has 19 heavy (non-hydrogen) atoms. The second kappa shape index (κ2) is 6.36. The lowest BCUT2D eigenvalue weighted by molar-refractivity contribution is -0.130. The summed E-state index contributed by atoms with van der Waals surface area (Å²) in [6.07, 6.45) is 5.77. The Bertz CT molecular complexity index is 442. The molecule has 1 aromatic heterocycles. The van der Waals surface area contributed by atoms with Crippen LogP contribution in [0.5, 0.6) is 5.88 Å². The summed E-state index contributed by atoms with van der Waals surface area (Å²) in [6.45, 7) is 7.05. The second-order valence-corrected chi connectivity index (χ2v) is 4.87. The van der Waals surface area contributed by atoms with Crippen molar-refractivity contribution in [2.24, 2.45) is 0 Å². The first-order chi connectivity index (χ1) is 9.19. The van der Waals surface area contributed by atoms with E-state index >= 15 is 0 Å². The standard InChI is InChI=1S/C15H20N2O2/c1-3-4-5-15(18)17-9-8-13(11-17)19-14-7-6-12(2)10-16-14/h3,6-7,10,13H,1,4-5,8-9,11H2,2H3/t13-/m0/s1. The number of likely N-dealkylation sites (tertiary alicyclic amines) is 1. The van der Waals surface area contributed by atoms with Gasteiger partial charge >= 0.3 is 0 Å². The molecule has 1 amide bonds. The molecular weight excluding hydrogens is 240 g/mol. The van der Waals surface area contributed by atoms with Gasteiger partial charge in [0.2, 0.25) is 11.8 Å². The molecule has 0 aliphatic carbocycles. The fraction of sp³-hybridized carbons (Fsp3) is 0.467. The minimum atomic E-state index is 0.0582. The summed E-state index contributed by atoms with van der Waals surface area (Å²) in [4.78, 5) is 17.9. The van der Waals surface area contributed by atoms with Crippen molar-refractivity contribution in [1.82, 2.24) is 9.88 Å². The van der Waals surface area contributed by atoms with Crippen LogP contribution in [0.4, 0.5) is 0 Å². The lowest BCUT2D eigenvalue weighted by Crippen LogP contribution is -2.30. The Kier molecular flexibility index (Phi) is 4.55. The summed E-state index contributed by atoms with van der Waals surface area (Å²) in [5, 5.41) is 0. The average molecular weight is 260 g/mol. The number of amides is 1. The molecule has 1 aliphatic rings. The van der Waals surface area contributed by atoms with Crippen LogP contribution in [-0.2, 0) is 4.79 Å². The molecule has 0 N–H and O–H groups in total. The highest BCUT2D eigenvalue weighted by Gasteiger charge is 2.27. The van der Waals surface area contributed by atoms with Crippen molar-refractivity contribution >= 4 is 5.91 Å². The summed E-state index contributed by atoms with van der Waals surface area (Å²) in [7, 11) is 0. The fourth-order valence-corrected chi connectivity index (χ4v) is 2.13. The van der Waals surface area contributed by atoms with Crippen LogP contribution in [0.25, 0.3) is 0 Å². The van der Waals surface area contributed by atoms with Crippen molar-refractivity contribution in [3.05, 3.63) is 36.5 Å². The maximum Gasteiger partial charge on any atom is 0.223 e. The predicted molar refractivity (Wildman–Crippen MR) is 74.0 cm³/mol. The van der Waals surface area contributed by atoms with Crippen molar-refractivity contribution in [2.45, 2.75) is 32.3 Å². The molecule has 0 radical (unpaired) electrons. The van der Waals surface area contributed by atoms with Gasteiger partial charge in [-0.05, 0) is 18.9 Å². The Labute approximate surface area is 114 Å². The minimum Gasteiger partial charge on any atom is -0.472 e. The zero-order valence-corrected chi connectivity index (χ0v) is 11.3. The van der Waals surface area contributed by atoms with Crippen molar-refractivity contribution in [2.75, 3.05) is 13.1 Å². The van der Waals surface area contributed by atoms with Crippen molar-refractivity contribution in [3.63, 3.8) is 0 Å². The molecule has 1 aliphatic heterocycles. The van der Waals surface area contributed by atoms with E-state index in [-0.39, 0.29) is 12.0 Å². The Balaban J connectivity index is 1.83. The highest BCUT2D eigenvalue weighted by Crippen LogP contribution is 2.17. The maximum atomic E-state index is 11.9. The van der Waals surface area contributed by atoms with Crippen LogP contribution < -0.4 is 4.74 Å². The van der Waals surface area contributed by atoms with Gasteiger partial charge in [0.25, 0.3) is 0 Å². The molecule has 1 fully saturated rings. The van der Waals surface area contributed by atoms with Crippen molar-refractivity contribution < 1.29 is 9.53 Å². The molecule has 2 rings (SSSR count). The molecule has 2 heterocycles. The zero-order chi connectivity index (χ0) is 13.7. The third kappa shape index (κ3) is 3.81. The molecule has 0 unspecified atom stereocenters. The van der Waals surface area contributed by atoms with Gasteiger partial charge in [0, 0.05) is 31.6 Å². The quantitative estimate of drug-likeness (QED) is 0.763. The van der Waals surface area contributed by atoms with Crippen LogP contribution >= 0.6 is 0 Å². The molecule has 1 atom stereocenters. The third-order valence-electron chi connectivity index (χ3n) is 3.23. The molecule has 0 saturated carbocycles. The van der Waals surface area contributed by atoms with Crippen molar-refractivity contribution in [1.29, 1.82) is 0 Å². The zero-order valence-electron chi connectivity index (χ0n) is 11.3. The van der Waals surface area contributed by atoms with Crippen LogP contribution in [0.1, 0.15) is 24.8 Å². The van der Waals surface area contributed by atoms with Gasteiger partial charge in [-0.15, -0.1) is 6.58 Å². The van der Waals surface area contributed by atoms with Crippen LogP contribution in [0.3, 0.4) is 0 Å². The number of carbonyl (C=O) groups excluding carboxylic acids is 1. The van der Waals surface area contributed by atoms with E-state index in [2.05, 4.69) is 11.6 Å². The Hall–Kier alpha value is -1.84. The van der Waals surface area contributed by atoms with Crippen LogP contribution in [0.15, 0.2) is 31.0 Å². The Morgan fingerprint density at radius 2 is 2.47 bits per heavy atom. The molecule has 4 heteroatoms. The van der Waals surface area contributed by atoms with Gasteiger partial charge in [-0.25, -0.2) is 4.98 Å². The third-order valence-corrected chi connectivity index (χ3v) is 3.23. The number of aryl methyl sites for hydroxylation is 1. The van der Waals surface area contributed by atoms with E-state index in [1.54, 1.807) is 12.3 Å². The largest absolute Gasteiger partial charge is 0.472 e. The molecule has 4 nitrogen and oxygen atoms in total. The Morgan fingerprint density at radius 1 is 1.63 bits per heavy atom. The first-order valence-electron chi connectivity index (χ1n) is 6.67. The first kappa shape index (κ1) is 13.6. The average Bonchev–Trinajstić information content (AvgIpc) is 2.87. The summed E-state index contributed by atoms with van der Waals surface area (Å²) in [5.74, 6) is 0.818.